The second-order valence-corrected chi connectivity index (χ2v) is 6.54. The smallest absolute Gasteiger partial charge is 0.158 e. The van der Waals surface area contributed by atoms with Gasteiger partial charge in [-0.2, -0.15) is 0 Å². The number of hydrogen-bond donors (Lipinski definition) is 1. The molecule has 1 saturated heterocycles. The van der Waals surface area contributed by atoms with Crippen molar-refractivity contribution in [2.75, 3.05) is 18.0 Å². The Morgan fingerprint density at radius 1 is 1.08 bits per heavy atom. The van der Waals surface area contributed by atoms with E-state index in [0.29, 0.717) is 13.0 Å². The summed E-state index contributed by atoms with van der Waals surface area (Å²) in [5.74, 6) is 0.799. The van der Waals surface area contributed by atoms with Gasteiger partial charge >= 0.3 is 0 Å². The maximum atomic E-state index is 11.2. The number of aliphatic hydroxyl groups is 1. The molecule has 5 nitrogen and oxygen atoms in total. The molecular weight excluding hydrogens is 300 g/mol. The van der Waals surface area contributed by atoms with E-state index in [1.54, 1.807) is 6.33 Å². The van der Waals surface area contributed by atoms with E-state index in [9.17, 15) is 5.11 Å². The van der Waals surface area contributed by atoms with E-state index in [0.717, 1.165) is 40.2 Å². The molecular formula is C19H20N4O. The van der Waals surface area contributed by atoms with E-state index >= 15 is 0 Å². The number of rotatable bonds is 2. The predicted octanol–water partition coefficient (Wildman–Crippen LogP) is 2.74. The molecule has 4 rings (SSSR count). The van der Waals surface area contributed by atoms with Crippen LogP contribution in [0.4, 0.5) is 5.82 Å². The molecule has 1 aromatic carbocycles. The second kappa shape index (κ2) is 5.53. The topological polar surface area (TPSA) is 62.1 Å². The van der Waals surface area contributed by atoms with Gasteiger partial charge in [0.15, 0.2) is 5.82 Å². The minimum Gasteiger partial charge on any atom is -0.383 e. The first-order chi connectivity index (χ1) is 11.6. The third-order valence-corrected chi connectivity index (χ3v) is 4.80. The van der Waals surface area contributed by atoms with E-state index in [-0.39, 0.29) is 0 Å². The molecule has 3 heterocycles. The zero-order valence-corrected chi connectivity index (χ0v) is 13.9. The Morgan fingerprint density at radius 2 is 1.92 bits per heavy atom. The molecule has 1 fully saturated rings. The van der Waals surface area contributed by atoms with Crippen LogP contribution < -0.4 is 4.90 Å². The van der Waals surface area contributed by atoms with Crippen LogP contribution in [0.5, 0.6) is 0 Å². The highest BCUT2D eigenvalue weighted by Crippen LogP contribution is 2.36. The zero-order chi connectivity index (χ0) is 16.7. The monoisotopic (exact) mass is 320 g/mol. The third kappa shape index (κ3) is 2.41. The van der Waals surface area contributed by atoms with Gasteiger partial charge in [0.2, 0.25) is 0 Å². The van der Waals surface area contributed by atoms with Gasteiger partial charge < -0.3 is 10.0 Å². The van der Waals surface area contributed by atoms with Gasteiger partial charge in [-0.25, -0.2) is 15.0 Å². The van der Waals surface area contributed by atoms with E-state index in [1.807, 2.05) is 50.2 Å². The third-order valence-electron chi connectivity index (χ3n) is 4.80. The van der Waals surface area contributed by atoms with Crippen molar-refractivity contribution >= 4 is 16.9 Å². The van der Waals surface area contributed by atoms with Crippen molar-refractivity contribution in [3.05, 3.63) is 59.5 Å². The van der Waals surface area contributed by atoms with E-state index < -0.39 is 5.60 Å². The van der Waals surface area contributed by atoms with Crippen LogP contribution in [0.25, 0.3) is 11.0 Å². The van der Waals surface area contributed by atoms with Crippen molar-refractivity contribution in [2.24, 2.45) is 0 Å². The molecule has 1 N–H and O–H groups in total. The standard InChI is InChI=1S/C19H20N4O/c1-13-5-3-4-6-15(13)19(24)9-10-23(11-19)18-17-16(20-12-21-18)8-7-14(2)22-17/h3-8,12,24H,9-11H2,1-2H3. The number of aromatic nitrogens is 3. The lowest BCUT2D eigenvalue weighted by Crippen LogP contribution is -2.32. The Kier molecular flexibility index (Phi) is 3.46. The van der Waals surface area contributed by atoms with Crippen LogP contribution in [0.1, 0.15) is 23.2 Å². The first-order valence-corrected chi connectivity index (χ1v) is 8.19. The highest BCUT2D eigenvalue weighted by atomic mass is 16.3. The van der Waals surface area contributed by atoms with Gasteiger partial charge in [0, 0.05) is 12.2 Å². The van der Waals surface area contributed by atoms with Gasteiger partial charge in [-0.15, -0.1) is 0 Å². The number of benzene rings is 1. The normalized spacial score (nSPS) is 20.7. The fourth-order valence-electron chi connectivity index (χ4n) is 3.55. The maximum Gasteiger partial charge on any atom is 0.158 e. The molecule has 1 aliphatic rings. The summed E-state index contributed by atoms with van der Waals surface area (Å²) in [5.41, 5.74) is 3.82. The molecule has 0 radical (unpaired) electrons. The Balaban J connectivity index is 1.73. The van der Waals surface area contributed by atoms with Crippen molar-refractivity contribution in [3.63, 3.8) is 0 Å². The van der Waals surface area contributed by atoms with Crippen LogP contribution in [0, 0.1) is 13.8 Å². The molecule has 1 aliphatic heterocycles. The predicted molar refractivity (Wildman–Crippen MR) is 94.0 cm³/mol. The summed E-state index contributed by atoms with van der Waals surface area (Å²) in [6.45, 7) is 5.26. The fraction of sp³-hybridized carbons (Fsp3) is 0.316. The average Bonchev–Trinajstić information content (AvgIpc) is 2.98. The summed E-state index contributed by atoms with van der Waals surface area (Å²) in [4.78, 5) is 15.5. The van der Waals surface area contributed by atoms with Gasteiger partial charge in [0.05, 0.1) is 12.1 Å². The lowest BCUT2D eigenvalue weighted by Gasteiger charge is -2.26. The minimum atomic E-state index is -0.855. The lowest BCUT2D eigenvalue weighted by molar-refractivity contribution is 0.0600. The van der Waals surface area contributed by atoms with Gasteiger partial charge in [0.25, 0.3) is 0 Å². The Hall–Kier alpha value is -2.53. The number of fused-ring (bicyclic) bond motifs is 1. The largest absolute Gasteiger partial charge is 0.383 e. The number of hydrogen-bond acceptors (Lipinski definition) is 5. The zero-order valence-electron chi connectivity index (χ0n) is 13.9. The van der Waals surface area contributed by atoms with Crippen LogP contribution in [0.15, 0.2) is 42.7 Å². The van der Waals surface area contributed by atoms with E-state index in [1.165, 1.54) is 0 Å². The van der Waals surface area contributed by atoms with Crippen LogP contribution >= 0.6 is 0 Å². The number of aryl methyl sites for hydroxylation is 2. The second-order valence-electron chi connectivity index (χ2n) is 6.54. The molecule has 2 aromatic heterocycles. The molecule has 3 aromatic rings. The van der Waals surface area contributed by atoms with Crippen LogP contribution in [-0.2, 0) is 5.60 Å². The fourth-order valence-corrected chi connectivity index (χ4v) is 3.55. The molecule has 0 amide bonds. The minimum absolute atomic E-state index is 0.513. The van der Waals surface area contributed by atoms with Crippen LogP contribution in [0.3, 0.4) is 0 Å². The Labute approximate surface area is 141 Å². The van der Waals surface area contributed by atoms with E-state index in [4.69, 9.17) is 0 Å². The van der Waals surface area contributed by atoms with E-state index in [2.05, 4.69) is 19.9 Å². The number of β-amino-alcohol motifs (C(OH)–C–C–N with tert-alkyl or cyclic N) is 1. The molecule has 1 unspecified atom stereocenters. The number of anilines is 1. The molecule has 0 saturated carbocycles. The maximum absolute atomic E-state index is 11.2. The summed E-state index contributed by atoms with van der Waals surface area (Å²) in [7, 11) is 0. The lowest BCUT2D eigenvalue weighted by atomic mass is 9.89. The summed E-state index contributed by atoms with van der Waals surface area (Å²) < 4.78 is 0. The Bertz CT molecular complexity index is 911. The molecule has 1 atom stereocenters. The van der Waals surface area contributed by atoms with Gasteiger partial charge in [-0.05, 0) is 43.5 Å². The number of nitrogens with zero attached hydrogens (tertiary/aromatic N) is 4. The van der Waals surface area contributed by atoms with Crippen molar-refractivity contribution in [2.45, 2.75) is 25.9 Å². The molecule has 0 bridgehead atoms. The first-order valence-electron chi connectivity index (χ1n) is 8.19. The molecule has 0 aliphatic carbocycles. The summed E-state index contributed by atoms with van der Waals surface area (Å²) in [6.07, 6.45) is 2.25. The highest BCUT2D eigenvalue weighted by Gasteiger charge is 2.39. The van der Waals surface area contributed by atoms with Gasteiger partial charge in [0.1, 0.15) is 17.4 Å². The van der Waals surface area contributed by atoms with Crippen molar-refractivity contribution < 1.29 is 5.11 Å². The summed E-state index contributed by atoms with van der Waals surface area (Å²) in [5, 5.41) is 11.2. The first kappa shape index (κ1) is 15.0. The molecule has 0 spiro atoms. The SMILES string of the molecule is Cc1ccc2ncnc(N3CCC(O)(c4ccccc4C)C3)c2n1. The van der Waals surface area contributed by atoms with Crippen LogP contribution in [-0.4, -0.2) is 33.1 Å². The van der Waals surface area contributed by atoms with Crippen molar-refractivity contribution in [3.8, 4) is 0 Å². The van der Waals surface area contributed by atoms with Crippen LogP contribution in [0.2, 0.25) is 0 Å². The van der Waals surface area contributed by atoms with Gasteiger partial charge in [-0.3, -0.25) is 0 Å². The number of pyridine rings is 1. The summed E-state index contributed by atoms with van der Waals surface area (Å²) >= 11 is 0. The molecule has 24 heavy (non-hydrogen) atoms. The summed E-state index contributed by atoms with van der Waals surface area (Å²) in [6, 6.07) is 12.0. The molecule has 5 heteroatoms. The van der Waals surface area contributed by atoms with Gasteiger partial charge in [-0.1, -0.05) is 24.3 Å². The highest BCUT2D eigenvalue weighted by molar-refractivity contribution is 5.85. The van der Waals surface area contributed by atoms with Crippen molar-refractivity contribution in [1.82, 2.24) is 15.0 Å². The average molecular weight is 320 g/mol. The molecule has 122 valence electrons. The quantitative estimate of drug-likeness (QED) is 0.786. The van der Waals surface area contributed by atoms with Crippen molar-refractivity contribution in [1.29, 1.82) is 0 Å². The Morgan fingerprint density at radius 3 is 2.75 bits per heavy atom.